The fourth-order valence-electron chi connectivity index (χ4n) is 2.71. The van der Waals surface area contributed by atoms with Crippen LogP contribution in [-0.4, -0.2) is 92.3 Å². The standard InChI is InChI=1S/C15H16N6O8S/c16-14-18-7(5-30-14)10(19-29-4-9(22)23)11(24)17-6-3-21(12(6)25)15(28)20-2-1-8(20)13(26)27/h5-6,8H,1-4H2,(H2,16,18)(H,17,24)(H,22,23)(H,26,27)/b19-10-/t6-,8-/m0/s1. The van der Waals surface area contributed by atoms with Crippen LogP contribution < -0.4 is 11.1 Å². The third kappa shape index (κ3) is 4.14. The Balaban J connectivity index is 1.62. The molecule has 0 bridgehead atoms. The number of carbonyl (C=O) groups is 5. The summed E-state index contributed by atoms with van der Waals surface area (Å²) in [5.41, 5.74) is 5.15. The molecule has 160 valence electrons. The number of urea groups is 1. The molecule has 1 aromatic rings. The Labute approximate surface area is 171 Å². The van der Waals surface area contributed by atoms with Gasteiger partial charge in [-0.25, -0.2) is 19.4 Å². The monoisotopic (exact) mass is 440 g/mol. The van der Waals surface area contributed by atoms with Gasteiger partial charge in [0.2, 0.25) is 6.61 Å². The molecule has 2 saturated heterocycles. The normalized spacial score (nSPS) is 20.8. The number of nitrogens with zero attached hydrogens (tertiary/aromatic N) is 4. The number of aromatic nitrogens is 1. The number of oxime groups is 1. The number of rotatable bonds is 7. The minimum atomic E-state index is -1.31. The van der Waals surface area contributed by atoms with Crippen molar-refractivity contribution in [2.45, 2.75) is 18.5 Å². The average molecular weight is 440 g/mol. The van der Waals surface area contributed by atoms with Gasteiger partial charge >= 0.3 is 18.0 Å². The fraction of sp³-hybridized carbons (Fsp3) is 0.400. The van der Waals surface area contributed by atoms with Gasteiger partial charge in [0.25, 0.3) is 11.8 Å². The van der Waals surface area contributed by atoms with Gasteiger partial charge in [-0.3, -0.25) is 14.5 Å². The van der Waals surface area contributed by atoms with E-state index in [0.717, 1.165) is 21.1 Å². The molecule has 2 fully saturated rings. The van der Waals surface area contributed by atoms with E-state index < -0.39 is 54.2 Å². The van der Waals surface area contributed by atoms with E-state index in [-0.39, 0.29) is 23.9 Å². The first-order chi connectivity index (χ1) is 14.2. The number of likely N-dealkylation sites (tertiary alicyclic amines) is 2. The molecular weight excluding hydrogens is 424 g/mol. The summed E-state index contributed by atoms with van der Waals surface area (Å²) in [7, 11) is 0. The van der Waals surface area contributed by atoms with Gasteiger partial charge in [-0.05, 0) is 6.42 Å². The molecule has 0 aromatic carbocycles. The third-order valence-electron chi connectivity index (χ3n) is 4.34. The lowest BCUT2D eigenvalue weighted by Gasteiger charge is -2.45. The maximum absolute atomic E-state index is 12.5. The maximum atomic E-state index is 12.5. The van der Waals surface area contributed by atoms with Gasteiger partial charge in [0.15, 0.2) is 10.8 Å². The van der Waals surface area contributed by atoms with E-state index in [9.17, 15) is 24.0 Å². The molecule has 0 unspecified atom stereocenters. The van der Waals surface area contributed by atoms with Crippen LogP contribution in [0, 0.1) is 0 Å². The second-order valence-electron chi connectivity index (χ2n) is 6.27. The van der Waals surface area contributed by atoms with E-state index in [1.54, 1.807) is 0 Å². The average Bonchev–Trinajstić information content (AvgIpc) is 3.05. The molecule has 0 aliphatic carbocycles. The number of β-lactam (4-membered cyclic amide) rings is 1. The van der Waals surface area contributed by atoms with Crippen LogP contribution in [0.15, 0.2) is 10.5 Å². The van der Waals surface area contributed by atoms with Crippen molar-refractivity contribution in [1.29, 1.82) is 0 Å². The minimum Gasteiger partial charge on any atom is -0.480 e. The number of thiazole rings is 1. The number of imide groups is 1. The number of hydrogen-bond donors (Lipinski definition) is 4. The van der Waals surface area contributed by atoms with Gasteiger partial charge in [-0.2, -0.15) is 0 Å². The van der Waals surface area contributed by atoms with E-state index in [2.05, 4.69) is 20.3 Å². The largest absolute Gasteiger partial charge is 0.480 e. The fourth-order valence-corrected chi connectivity index (χ4v) is 3.26. The molecular formula is C15H16N6O8S. The van der Waals surface area contributed by atoms with Crippen molar-refractivity contribution in [3.05, 3.63) is 11.1 Å². The van der Waals surface area contributed by atoms with E-state index in [0.29, 0.717) is 6.42 Å². The van der Waals surface area contributed by atoms with Gasteiger partial charge in [0.1, 0.15) is 17.8 Å². The zero-order chi connectivity index (χ0) is 22.0. The van der Waals surface area contributed by atoms with E-state index in [1.165, 1.54) is 5.38 Å². The van der Waals surface area contributed by atoms with Crippen LogP contribution in [0.4, 0.5) is 9.93 Å². The van der Waals surface area contributed by atoms with Crippen molar-refractivity contribution in [3.8, 4) is 0 Å². The molecule has 14 nitrogen and oxygen atoms in total. The molecule has 3 heterocycles. The maximum Gasteiger partial charge on any atom is 0.344 e. The predicted octanol–water partition coefficient (Wildman–Crippen LogP) is -1.86. The third-order valence-corrected chi connectivity index (χ3v) is 5.01. The number of nitrogens with one attached hydrogen (secondary N) is 1. The molecule has 0 radical (unpaired) electrons. The molecule has 4 amide bonds. The predicted molar refractivity (Wildman–Crippen MR) is 98.4 cm³/mol. The van der Waals surface area contributed by atoms with Gasteiger partial charge in [0, 0.05) is 11.9 Å². The number of anilines is 1. The molecule has 0 saturated carbocycles. The number of carboxylic acid groups (broad SMARTS) is 2. The van der Waals surface area contributed by atoms with Crippen LogP contribution in [0.5, 0.6) is 0 Å². The molecule has 2 aliphatic rings. The summed E-state index contributed by atoms with van der Waals surface area (Å²) in [4.78, 5) is 69.0. The number of amides is 4. The van der Waals surface area contributed by atoms with Gasteiger partial charge in [-0.15, -0.1) is 11.3 Å². The Kier molecular flexibility index (Phi) is 5.81. The van der Waals surface area contributed by atoms with Crippen LogP contribution in [0.1, 0.15) is 12.1 Å². The number of carbonyl (C=O) groups excluding carboxylic acids is 3. The second kappa shape index (κ2) is 8.32. The number of carboxylic acids is 2. The van der Waals surface area contributed by atoms with Crippen LogP contribution >= 0.6 is 11.3 Å². The lowest BCUT2D eigenvalue weighted by atomic mass is 10.0. The van der Waals surface area contributed by atoms with Crippen LogP contribution in [-0.2, 0) is 24.0 Å². The molecule has 0 spiro atoms. The SMILES string of the molecule is Nc1nc(/C(=N/OCC(=O)O)C(=O)N[C@H]2CN(C(=O)N3CC[C@H]3C(=O)O)C2=O)cs1. The van der Waals surface area contributed by atoms with Crippen LogP contribution in [0.2, 0.25) is 0 Å². The van der Waals surface area contributed by atoms with E-state index in [1.807, 2.05) is 0 Å². The lowest BCUT2D eigenvalue weighted by Crippen LogP contribution is -2.70. The Hall–Kier alpha value is -3.75. The number of hydrogen-bond acceptors (Lipinski definition) is 10. The quantitative estimate of drug-likeness (QED) is 0.211. The van der Waals surface area contributed by atoms with Crippen molar-refractivity contribution < 1.29 is 39.0 Å². The van der Waals surface area contributed by atoms with Crippen molar-refractivity contribution in [1.82, 2.24) is 20.1 Å². The highest BCUT2D eigenvalue weighted by atomic mass is 32.1. The molecule has 5 N–H and O–H groups in total. The lowest BCUT2D eigenvalue weighted by molar-refractivity contribution is -0.149. The molecule has 30 heavy (non-hydrogen) atoms. The summed E-state index contributed by atoms with van der Waals surface area (Å²) in [5.74, 6) is -4.07. The van der Waals surface area contributed by atoms with Crippen LogP contribution in [0.25, 0.3) is 0 Å². The summed E-state index contributed by atoms with van der Waals surface area (Å²) in [5, 5.41) is 25.0. The zero-order valence-electron chi connectivity index (χ0n) is 15.2. The summed E-state index contributed by atoms with van der Waals surface area (Å²) in [6.45, 7) is -0.740. The summed E-state index contributed by atoms with van der Waals surface area (Å²) < 4.78 is 0. The Morgan fingerprint density at radius 2 is 2.10 bits per heavy atom. The number of nitrogens with two attached hydrogens (primary N) is 1. The molecule has 2 atom stereocenters. The van der Waals surface area contributed by atoms with Gasteiger partial charge in [0.05, 0.1) is 6.54 Å². The zero-order valence-corrected chi connectivity index (χ0v) is 16.0. The molecule has 3 rings (SSSR count). The topological polar surface area (TPSA) is 205 Å². The second-order valence-corrected chi connectivity index (χ2v) is 7.16. The highest BCUT2D eigenvalue weighted by Gasteiger charge is 2.48. The van der Waals surface area contributed by atoms with Gasteiger partial charge in [-0.1, -0.05) is 5.16 Å². The first-order valence-corrected chi connectivity index (χ1v) is 9.35. The smallest absolute Gasteiger partial charge is 0.344 e. The minimum absolute atomic E-state index is 0.0185. The first kappa shape index (κ1) is 21.0. The van der Waals surface area contributed by atoms with Gasteiger partial charge < -0.3 is 31.0 Å². The van der Waals surface area contributed by atoms with E-state index >= 15 is 0 Å². The van der Waals surface area contributed by atoms with Crippen molar-refractivity contribution in [2.24, 2.45) is 5.16 Å². The Morgan fingerprint density at radius 3 is 2.60 bits per heavy atom. The molecule has 1 aromatic heterocycles. The van der Waals surface area contributed by atoms with Crippen molar-refractivity contribution in [2.75, 3.05) is 25.4 Å². The summed E-state index contributed by atoms with van der Waals surface area (Å²) in [6, 6.07) is -2.76. The number of aliphatic carboxylic acids is 2. The molecule has 15 heteroatoms. The summed E-state index contributed by atoms with van der Waals surface area (Å²) in [6.07, 6.45) is 0.302. The Morgan fingerprint density at radius 1 is 1.37 bits per heavy atom. The Bertz CT molecular complexity index is 945. The highest BCUT2D eigenvalue weighted by molar-refractivity contribution is 7.13. The first-order valence-electron chi connectivity index (χ1n) is 8.47. The highest BCUT2D eigenvalue weighted by Crippen LogP contribution is 2.23. The van der Waals surface area contributed by atoms with Crippen LogP contribution in [0.3, 0.4) is 0 Å². The molecule has 2 aliphatic heterocycles. The van der Waals surface area contributed by atoms with Crippen molar-refractivity contribution >= 4 is 52.0 Å². The number of nitrogen functional groups attached to an aromatic ring is 1. The van der Waals surface area contributed by atoms with Crippen molar-refractivity contribution in [3.63, 3.8) is 0 Å². The van der Waals surface area contributed by atoms with E-state index in [4.69, 9.17) is 15.9 Å². The summed E-state index contributed by atoms with van der Waals surface area (Å²) >= 11 is 1.01.